The van der Waals surface area contributed by atoms with Gasteiger partial charge in [0.15, 0.2) is 21.3 Å². The van der Waals surface area contributed by atoms with Crippen molar-refractivity contribution in [3.8, 4) is 11.5 Å². The Hall–Kier alpha value is -2.62. The molecule has 0 saturated carbocycles. The number of hydrogen-bond donors (Lipinski definition) is 1. The summed E-state index contributed by atoms with van der Waals surface area (Å²) in [6, 6.07) is 12.9. The Morgan fingerprint density at radius 3 is 2.52 bits per heavy atom. The molecule has 0 radical (unpaired) electrons. The lowest BCUT2D eigenvalue weighted by atomic mass is 10.00. The van der Waals surface area contributed by atoms with Crippen LogP contribution in [-0.4, -0.2) is 71.5 Å². The molecule has 9 heteroatoms. The van der Waals surface area contributed by atoms with Crippen LogP contribution in [0.4, 0.5) is 0 Å². The first-order valence-corrected chi connectivity index (χ1v) is 12.6. The molecule has 0 saturated heterocycles. The molecule has 1 N–H and O–H groups in total. The minimum atomic E-state index is -3.52. The van der Waals surface area contributed by atoms with Gasteiger partial charge in [0.1, 0.15) is 6.10 Å². The molecule has 0 spiro atoms. The first-order valence-electron chi connectivity index (χ1n) is 10.9. The third-order valence-corrected chi connectivity index (χ3v) is 7.35. The van der Waals surface area contributed by atoms with Gasteiger partial charge in [-0.15, -0.1) is 0 Å². The Morgan fingerprint density at radius 1 is 1.09 bits per heavy atom. The number of methoxy groups -OCH3 is 2. The van der Waals surface area contributed by atoms with Gasteiger partial charge in [-0.1, -0.05) is 24.3 Å². The van der Waals surface area contributed by atoms with Crippen molar-refractivity contribution in [1.82, 2.24) is 10.2 Å². The SMILES string of the molecule is COc1ccc(S(=O)(=O)CCNCC(CN2CCc3ccccc3C2)OC(C)=O)cc1OC. The van der Waals surface area contributed by atoms with Crippen molar-refractivity contribution in [1.29, 1.82) is 0 Å². The van der Waals surface area contributed by atoms with Crippen molar-refractivity contribution in [3.63, 3.8) is 0 Å². The molecule has 1 unspecified atom stereocenters. The second-order valence-electron chi connectivity index (χ2n) is 8.03. The van der Waals surface area contributed by atoms with Crippen LogP contribution >= 0.6 is 0 Å². The predicted octanol–water partition coefficient (Wildman–Crippen LogP) is 2.06. The van der Waals surface area contributed by atoms with Crippen molar-refractivity contribution in [3.05, 3.63) is 53.6 Å². The van der Waals surface area contributed by atoms with Gasteiger partial charge in [0.2, 0.25) is 0 Å². The summed E-state index contributed by atoms with van der Waals surface area (Å²) >= 11 is 0. The molecule has 1 heterocycles. The monoisotopic (exact) mass is 476 g/mol. The highest BCUT2D eigenvalue weighted by atomic mass is 32.2. The van der Waals surface area contributed by atoms with Gasteiger partial charge in [0, 0.05) is 45.7 Å². The van der Waals surface area contributed by atoms with E-state index in [-0.39, 0.29) is 29.3 Å². The average Bonchev–Trinajstić information content (AvgIpc) is 2.80. The molecule has 0 amide bonds. The second kappa shape index (κ2) is 11.5. The van der Waals surface area contributed by atoms with Crippen LogP contribution in [0.5, 0.6) is 11.5 Å². The van der Waals surface area contributed by atoms with E-state index in [1.165, 1.54) is 44.4 Å². The molecule has 2 aromatic rings. The molecule has 8 nitrogen and oxygen atoms in total. The Balaban J connectivity index is 1.53. The number of fused-ring (bicyclic) bond motifs is 1. The van der Waals surface area contributed by atoms with Crippen LogP contribution in [-0.2, 0) is 32.3 Å². The van der Waals surface area contributed by atoms with Crippen LogP contribution in [0.25, 0.3) is 0 Å². The Labute approximate surface area is 195 Å². The zero-order chi connectivity index (χ0) is 23.8. The van der Waals surface area contributed by atoms with Crippen LogP contribution in [0.3, 0.4) is 0 Å². The first kappa shape index (κ1) is 25.0. The predicted molar refractivity (Wildman–Crippen MR) is 125 cm³/mol. The minimum Gasteiger partial charge on any atom is -0.493 e. The van der Waals surface area contributed by atoms with Crippen molar-refractivity contribution in [2.24, 2.45) is 0 Å². The Morgan fingerprint density at radius 2 is 1.82 bits per heavy atom. The summed E-state index contributed by atoms with van der Waals surface area (Å²) in [5, 5.41) is 3.14. The maximum Gasteiger partial charge on any atom is 0.302 e. The smallest absolute Gasteiger partial charge is 0.302 e. The van der Waals surface area contributed by atoms with Gasteiger partial charge in [-0.3, -0.25) is 9.69 Å². The number of sulfone groups is 1. The molecular formula is C24H32N2O6S. The first-order chi connectivity index (χ1) is 15.8. The van der Waals surface area contributed by atoms with Gasteiger partial charge < -0.3 is 19.5 Å². The van der Waals surface area contributed by atoms with Gasteiger partial charge >= 0.3 is 5.97 Å². The maximum atomic E-state index is 12.7. The van der Waals surface area contributed by atoms with E-state index >= 15 is 0 Å². The molecular weight excluding hydrogens is 444 g/mol. The van der Waals surface area contributed by atoms with Gasteiger partial charge in [0.05, 0.1) is 24.9 Å². The molecule has 0 bridgehead atoms. The van der Waals surface area contributed by atoms with Crippen LogP contribution in [0.15, 0.2) is 47.4 Å². The molecule has 2 aromatic carbocycles. The average molecular weight is 477 g/mol. The van der Waals surface area contributed by atoms with Crippen molar-refractivity contribution >= 4 is 15.8 Å². The third-order valence-electron chi connectivity index (χ3n) is 5.64. The van der Waals surface area contributed by atoms with Gasteiger partial charge in [-0.05, 0) is 29.7 Å². The highest BCUT2D eigenvalue weighted by Crippen LogP contribution is 2.29. The number of nitrogens with one attached hydrogen (secondary N) is 1. The quantitative estimate of drug-likeness (QED) is 0.389. The maximum absolute atomic E-state index is 12.7. The van der Waals surface area contributed by atoms with Gasteiger partial charge in [-0.25, -0.2) is 8.42 Å². The lowest BCUT2D eigenvalue weighted by Crippen LogP contribution is -2.43. The fourth-order valence-corrected chi connectivity index (χ4v) is 5.18. The number of carbonyl (C=O) groups is 1. The van der Waals surface area contributed by atoms with Gasteiger partial charge in [-0.2, -0.15) is 0 Å². The molecule has 1 aliphatic heterocycles. The summed E-state index contributed by atoms with van der Waals surface area (Å²) in [5.41, 5.74) is 2.65. The normalized spacial score (nSPS) is 14.9. The molecule has 180 valence electrons. The van der Waals surface area contributed by atoms with E-state index in [2.05, 4.69) is 28.4 Å². The Bertz CT molecular complexity index is 1060. The van der Waals surface area contributed by atoms with Crippen LogP contribution in [0.1, 0.15) is 18.1 Å². The molecule has 1 aliphatic rings. The number of ether oxygens (including phenoxy) is 3. The zero-order valence-corrected chi connectivity index (χ0v) is 20.2. The fourth-order valence-electron chi connectivity index (χ4n) is 3.97. The van der Waals surface area contributed by atoms with E-state index in [4.69, 9.17) is 14.2 Å². The largest absolute Gasteiger partial charge is 0.493 e. The van der Waals surface area contributed by atoms with Crippen molar-refractivity contribution in [2.45, 2.75) is 30.9 Å². The molecule has 0 aromatic heterocycles. The van der Waals surface area contributed by atoms with Crippen LogP contribution in [0.2, 0.25) is 0 Å². The fraction of sp³-hybridized carbons (Fsp3) is 0.458. The summed E-state index contributed by atoms with van der Waals surface area (Å²) in [4.78, 5) is 14.0. The lowest BCUT2D eigenvalue weighted by molar-refractivity contribution is -0.147. The number of carbonyl (C=O) groups excluding carboxylic acids is 1. The number of hydrogen-bond acceptors (Lipinski definition) is 8. The van der Waals surface area contributed by atoms with E-state index in [0.717, 1.165) is 19.5 Å². The molecule has 1 atom stereocenters. The minimum absolute atomic E-state index is 0.0909. The molecule has 0 aliphatic carbocycles. The number of rotatable bonds is 11. The zero-order valence-electron chi connectivity index (χ0n) is 19.4. The second-order valence-corrected chi connectivity index (χ2v) is 10.1. The van der Waals surface area contributed by atoms with E-state index in [9.17, 15) is 13.2 Å². The lowest BCUT2D eigenvalue weighted by Gasteiger charge is -2.31. The Kier molecular flexibility index (Phi) is 8.71. The summed E-state index contributed by atoms with van der Waals surface area (Å²) < 4.78 is 41.3. The van der Waals surface area contributed by atoms with Crippen molar-refractivity contribution < 1.29 is 27.4 Å². The van der Waals surface area contributed by atoms with E-state index < -0.39 is 9.84 Å². The van der Waals surface area contributed by atoms with Gasteiger partial charge in [0.25, 0.3) is 0 Å². The summed E-state index contributed by atoms with van der Waals surface area (Å²) in [5.74, 6) is 0.396. The van der Waals surface area contributed by atoms with Crippen molar-refractivity contribution in [2.75, 3.05) is 46.2 Å². The van der Waals surface area contributed by atoms with Crippen LogP contribution < -0.4 is 14.8 Å². The molecule has 0 fully saturated rings. The topological polar surface area (TPSA) is 94.2 Å². The highest BCUT2D eigenvalue weighted by Gasteiger charge is 2.22. The number of esters is 1. The highest BCUT2D eigenvalue weighted by molar-refractivity contribution is 7.91. The van der Waals surface area contributed by atoms with Crippen LogP contribution in [0, 0.1) is 0 Å². The molecule has 33 heavy (non-hydrogen) atoms. The summed E-state index contributed by atoms with van der Waals surface area (Å²) in [7, 11) is -0.553. The molecule has 3 rings (SSSR count). The summed E-state index contributed by atoms with van der Waals surface area (Å²) in [6.45, 7) is 4.28. The van der Waals surface area contributed by atoms with E-state index in [1.54, 1.807) is 6.07 Å². The summed E-state index contributed by atoms with van der Waals surface area (Å²) in [6.07, 6.45) is 0.594. The standard InChI is InChI=1S/C24H32N2O6S/c1-18(27)32-21(17-26-12-10-19-6-4-5-7-20(19)16-26)15-25-11-13-33(28,29)22-8-9-23(30-2)24(14-22)31-3/h4-9,14,21,25H,10-13,15-17H2,1-3H3. The number of benzene rings is 2. The van der Waals surface area contributed by atoms with E-state index in [0.29, 0.717) is 24.6 Å². The third kappa shape index (κ3) is 6.93. The number of nitrogens with zero attached hydrogens (tertiary/aromatic N) is 1. The van der Waals surface area contributed by atoms with E-state index in [1.807, 2.05) is 6.07 Å².